The fourth-order valence-corrected chi connectivity index (χ4v) is 2.49. The van der Waals surface area contributed by atoms with E-state index in [1.54, 1.807) is 6.26 Å². The second-order valence-corrected chi connectivity index (χ2v) is 5.04. The molecule has 0 aromatic carbocycles. The molecule has 0 spiro atoms. The van der Waals surface area contributed by atoms with Gasteiger partial charge in [-0.05, 0) is 31.9 Å². The largest absolute Gasteiger partial charge is 0.467 e. The SMILES string of the molecule is CC(N)C(OC1CCCCCC1)c1ccco1. The van der Waals surface area contributed by atoms with Gasteiger partial charge < -0.3 is 14.9 Å². The lowest BCUT2D eigenvalue weighted by atomic mass is 10.1. The summed E-state index contributed by atoms with van der Waals surface area (Å²) in [6, 6.07) is 3.80. The number of hydrogen-bond donors (Lipinski definition) is 1. The number of hydrogen-bond acceptors (Lipinski definition) is 3. The molecule has 3 heteroatoms. The summed E-state index contributed by atoms with van der Waals surface area (Å²) in [5, 5.41) is 0. The monoisotopic (exact) mass is 237 g/mol. The molecular weight excluding hydrogens is 214 g/mol. The van der Waals surface area contributed by atoms with Gasteiger partial charge in [-0.25, -0.2) is 0 Å². The van der Waals surface area contributed by atoms with Crippen molar-refractivity contribution in [1.29, 1.82) is 0 Å². The molecule has 0 saturated heterocycles. The lowest BCUT2D eigenvalue weighted by Gasteiger charge is -2.25. The summed E-state index contributed by atoms with van der Waals surface area (Å²) >= 11 is 0. The normalized spacial score (nSPS) is 22.0. The second-order valence-electron chi connectivity index (χ2n) is 5.04. The van der Waals surface area contributed by atoms with Crippen LogP contribution in [0.2, 0.25) is 0 Å². The van der Waals surface area contributed by atoms with E-state index in [9.17, 15) is 0 Å². The van der Waals surface area contributed by atoms with Gasteiger partial charge in [-0.1, -0.05) is 25.7 Å². The van der Waals surface area contributed by atoms with Crippen molar-refractivity contribution in [3.05, 3.63) is 24.2 Å². The third-order valence-corrected chi connectivity index (χ3v) is 3.44. The molecule has 1 saturated carbocycles. The summed E-state index contributed by atoms with van der Waals surface area (Å²) in [5.74, 6) is 0.851. The fraction of sp³-hybridized carbons (Fsp3) is 0.714. The lowest BCUT2D eigenvalue weighted by molar-refractivity contribution is -0.0409. The fourth-order valence-electron chi connectivity index (χ4n) is 2.49. The summed E-state index contributed by atoms with van der Waals surface area (Å²) in [5.41, 5.74) is 6.00. The van der Waals surface area contributed by atoms with Crippen molar-refractivity contribution in [2.75, 3.05) is 0 Å². The molecule has 1 heterocycles. The highest BCUT2D eigenvalue weighted by molar-refractivity contribution is 5.04. The molecule has 0 aliphatic heterocycles. The summed E-state index contributed by atoms with van der Waals surface area (Å²) in [4.78, 5) is 0. The summed E-state index contributed by atoms with van der Waals surface area (Å²) < 4.78 is 11.6. The number of ether oxygens (including phenoxy) is 1. The summed E-state index contributed by atoms with van der Waals surface area (Å²) in [6.07, 6.45) is 9.46. The van der Waals surface area contributed by atoms with E-state index in [0.717, 1.165) is 18.6 Å². The Morgan fingerprint density at radius 2 is 2.00 bits per heavy atom. The maximum absolute atomic E-state index is 6.16. The van der Waals surface area contributed by atoms with Gasteiger partial charge >= 0.3 is 0 Å². The molecule has 1 fully saturated rings. The molecule has 0 bridgehead atoms. The number of nitrogens with two attached hydrogens (primary N) is 1. The topological polar surface area (TPSA) is 48.4 Å². The van der Waals surface area contributed by atoms with Crippen molar-refractivity contribution in [3.63, 3.8) is 0 Å². The minimum absolute atomic E-state index is 0.0376. The molecule has 1 aromatic rings. The van der Waals surface area contributed by atoms with E-state index >= 15 is 0 Å². The second kappa shape index (κ2) is 6.22. The van der Waals surface area contributed by atoms with E-state index in [0.29, 0.717) is 6.10 Å². The van der Waals surface area contributed by atoms with E-state index in [2.05, 4.69) is 0 Å². The zero-order chi connectivity index (χ0) is 12.1. The van der Waals surface area contributed by atoms with Crippen LogP contribution in [0.4, 0.5) is 0 Å². The Labute approximate surface area is 103 Å². The quantitative estimate of drug-likeness (QED) is 0.816. The Bertz CT molecular complexity index is 300. The highest BCUT2D eigenvalue weighted by Gasteiger charge is 2.24. The minimum Gasteiger partial charge on any atom is -0.467 e. The van der Waals surface area contributed by atoms with Crippen LogP contribution < -0.4 is 5.73 Å². The molecule has 3 nitrogen and oxygen atoms in total. The Hall–Kier alpha value is -0.800. The zero-order valence-corrected chi connectivity index (χ0v) is 10.6. The van der Waals surface area contributed by atoms with Crippen LogP contribution in [-0.2, 0) is 4.74 Å². The predicted octanol–water partition coefficient (Wildman–Crippen LogP) is 3.41. The van der Waals surface area contributed by atoms with Gasteiger partial charge in [-0.15, -0.1) is 0 Å². The molecule has 1 aliphatic carbocycles. The van der Waals surface area contributed by atoms with Gasteiger partial charge in [-0.2, -0.15) is 0 Å². The van der Waals surface area contributed by atoms with Crippen LogP contribution in [0.3, 0.4) is 0 Å². The van der Waals surface area contributed by atoms with Gasteiger partial charge in [-0.3, -0.25) is 0 Å². The molecule has 96 valence electrons. The van der Waals surface area contributed by atoms with Crippen molar-refractivity contribution >= 4 is 0 Å². The van der Waals surface area contributed by atoms with Crippen LogP contribution in [0, 0.1) is 0 Å². The van der Waals surface area contributed by atoms with Crippen molar-refractivity contribution in [3.8, 4) is 0 Å². The van der Waals surface area contributed by atoms with Gasteiger partial charge in [0.1, 0.15) is 11.9 Å². The Morgan fingerprint density at radius 1 is 1.29 bits per heavy atom. The minimum atomic E-state index is -0.104. The van der Waals surface area contributed by atoms with E-state index in [-0.39, 0.29) is 12.1 Å². The first kappa shape index (κ1) is 12.7. The predicted molar refractivity (Wildman–Crippen MR) is 67.7 cm³/mol. The van der Waals surface area contributed by atoms with Crippen LogP contribution >= 0.6 is 0 Å². The van der Waals surface area contributed by atoms with Crippen LogP contribution in [0.25, 0.3) is 0 Å². The van der Waals surface area contributed by atoms with E-state index in [1.807, 2.05) is 19.1 Å². The van der Waals surface area contributed by atoms with E-state index < -0.39 is 0 Å². The molecule has 2 atom stereocenters. The number of furan rings is 1. The smallest absolute Gasteiger partial charge is 0.134 e. The van der Waals surface area contributed by atoms with Gasteiger partial charge in [0.2, 0.25) is 0 Å². The molecular formula is C14H23NO2. The first-order valence-electron chi connectivity index (χ1n) is 6.72. The molecule has 2 unspecified atom stereocenters. The Balaban J connectivity index is 1.97. The summed E-state index contributed by atoms with van der Waals surface area (Å²) in [6.45, 7) is 1.98. The van der Waals surface area contributed by atoms with Gasteiger partial charge in [0.25, 0.3) is 0 Å². The van der Waals surface area contributed by atoms with Gasteiger partial charge in [0.15, 0.2) is 0 Å². The van der Waals surface area contributed by atoms with E-state index in [4.69, 9.17) is 14.9 Å². The average Bonchev–Trinajstić information content (AvgIpc) is 2.70. The third-order valence-electron chi connectivity index (χ3n) is 3.44. The standard InChI is InChI=1S/C14H23NO2/c1-11(15)14(13-9-6-10-16-13)17-12-7-4-2-3-5-8-12/h6,9-12,14H,2-5,7-8,15H2,1H3. The maximum atomic E-state index is 6.16. The van der Waals surface area contributed by atoms with Crippen LogP contribution in [0.5, 0.6) is 0 Å². The molecule has 1 aliphatic rings. The third kappa shape index (κ3) is 3.58. The Kier molecular flexibility index (Phi) is 4.63. The Morgan fingerprint density at radius 3 is 2.53 bits per heavy atom. The van der Waals surface area contributed by atoms with Crippen molar-refractivity contribution in [2.45, 2.75) is 63.7 Å². The summed E-state index contributed by atoms with van der Waals surface area (Å²) in [7, 11) is 0. The molecule has 0 amide bonds. The highest BCUT2D eigenvalue weighted by atomic mass is 16.5. The number of rotatable bonds is 4. The first-order chi connectivity index (χ1) is 8.27. The molecule has 2 rings (SSSR count). The first-order valence-corrected chi connectivity index (χ1v) is 6.72. The molecule has 0 radical (unpaired) electrons. The molecule has 17 heavy (non-hydrogen) atoms. The van der Waals surface area contributed by atoms with Crippen molar-refractivity contribution in [2.24, 2.45) is 5.73 Å². The van der Waals surface area contributed by atoms with Crippen molar-refractivity contribution < 1.29 is 9.15 Å². The zero-order valence-electron chi connectivity index (χ0n) is 10.6. The lowest BCUT2D eigenvalue weighted by Crippen LogP contribution is -2.30. The van der Waals surface area contributed by atoms with Crippen molar-refractivity contribution in [1.82, 2.24) is 0 Å². The maximum Gasteiger partial charge on any atom is 0.134 e. The van der Waals surface area contributed by atoms with Gasteiger partial charge in [0.05, 0.1) is 12.4 Å². The van der Waals surface area contributed by atoms with Crippen LogP contribution in [0.1, 0.15) is 57.3 Å². The van der Waals surface area contributed by atoms with Crippen LogP contribution in [-0.4, -0.2) is 12.1 Å². The van der Waals surface area contributed by atoms with E-state index in [1.165, 1.54) is 25.7 Å². The van der Waals surface area contributed by atoms with Gasteiger partial charge in [0, 0.05) is 6.04 Å². The average molecular weight is 237 g/mol. The van der Waals surface area contributed by atoms with Crippen LogP contribution in [0.15, 0.2) is 22.8 Å². The highest BCUT2D eigenvalue weighted by Crippen LogP contribution is 2.28. The molecule has 1 aromatic heterocycles. The molecule has 2 N–H and O–H groups in total.